The Hall–Kier alpha value is -2.04. The highest BCUT2D eigenvalue weighted by Gasteiger charge is 2.35. The molecule has 1 aliphatic heterocycles. The van der Waals surface area contributed by atoms with Gasteiger partial charge in [0, 0.05) is 6.42 Å². The summed E-state index contributed by atoms with van der Waals surface area (Å²) in [6.07, 6.45) is 0.766. The Morgan fingerprint density at radius 3 is 2.09 bits per heavy atom. The molecule has 2 aromatic rings. The van der Waals surface area contributed by atoms with Crippen molar-refractivity contribution >= 4 is 0 Å². The van der Waals surface area contributed by atoms with Gasteiger partial charge in [-0.05, 0) is 36.4 Å². The molecule has 0 spiro atoms. The zero-order valence-corrected chi connectivity index (χ0v) is 12.7. The first-order chi connectivity index (χ1) is 10.8. The second-order valence-electron chi connectivity index (χ2n) is 5.14. The maximum Gasteiger partial charge on any atom is 0.202 e. The van der Waals surface area contributed by atoms with Gasteiger partial charge < -0.3 is 18.9 Å². The SMILES string of the molecule is CCC1(COc2ccc(Oc3ccccc3)cc2)OCCO1. The monoisotopic (exact) mass is 300 g/mol. The van der Waals surface area contributed by atoms with Gasteiger partial charge in [-0.1, -0.05) is 25.1 Å². The molecule has 2 aromatic carbocycles. The second kappa shape index (κ2) is 6.81. The van der Waals surface area contributed by atoms with E-state index in [1.165, 1.54) is 0 Å². The topological polar surface area (TPSA) is 36.9 Å². The molecule has 0 bridgehead atoms. The summed E-state index contributed by atoms with van der Waals surface area (Å²) < 4.78 is 22.8. The van der Waals surface area contributed by atoms with E-state index in [0.717, 1.165) is 23.7 Å². The lowest BCUT2D eigenvalue weighted by Gasteiger charge is -2.25. The average Bonchev–Trinajstić information content (AvgIpc) is 3.05. The molecular weight excluding hydrogens is 280 g/mol. The van der Waals surface area contributed by atoms with E-state index in [1.54, 1.807) is 0 Å². The van der Waals surface area contributed by atoms with Crippen LogP contribution in [0.5, 0.6) is 17.2 Å². The summed E-state index contributed by atoms with van der Waals surface area (Å²) in [5, 5.41) is 0. The molecule has 1 heterocycles. The van der Waals surface area contributed by atoms with Crippen LogP contribution in [0.4, 0.5) is 0 Å². The van der Waals surface area contributed by atoms with Gasteiger partial charge in [-0.25, -0.2) is 0 Å². The van der Waals surface area contributed by atoms with E-state index in [-0.39, 0.29) is 0 Å². The smallest absolute Gasteiger partial charge is 0.202 e. The van der Waals surface area contributed by atoms with Crippen LogP contribution in [0.15, 0.2) is 54.6 Å². The molecular formula is C18H20O4. The first kappa shape index (κ1) is 14.9. The van der Waals surface area contributed by atoms with E-state index in [1.807, 2.05) is 61.5 Å². The molecule has 0 aromatic heterocycles. The van der Waals surface area contributed by atoms with Crippen molar-refractivity contribution in [3.8, 4) is 17.2 Å². The Morgan fingerprint density at radius 1 is 0.864 bits per heavy atom. The maximum absolute atomic E-state index is 5.78. The first-order valence-corrected chi connectivity index (χ1v) is 7.53. The van der Waals surface area contributed by atoms with Gasteiger partial charge in [0.1, 0.15) is 23.9 Å². The van der Waals surface area contributed by atoms with Gasteiger partial charge in [-0.2, -0.15) is 0 Å². The fraction of sp³-hybridized carbons (Fsp3) is 0.333. The third-order valence-corrected chi connectivity index (χ3v) is 3.61. The summed E-state index contributed by atoms with van der Waals surface area (Å²) in [6, 6.07) is 17.2. The van der Waals surface area contributed by atoms with Gasteiger partial charge in [-0.15, -0.1) is 0 Å². The van der Waals surface area contributed by atoms with Crippen LogP contribution in [0.25, 0.3) is 0 Å². The Labute approximate surface area is 130 Å². The van der Waals surface area contributed by atoms with Crippen molar-refractivity contribution in [3.63, 3.8) is 0 Å². The van der Waals surface area contributed by atoms with Crippen LogP contribution < -0.4 is 9.47 Å². The van der Waals surface area contributed by atoms with Gasteiger partial charge in [0.2, 0.25) is 5.79 Å². The van der Waals surface area contributed by atoms with Gasteiger partial charge >= 0.3 is 0 Å². The fourth-order valence-electron chi connectivity index (χ4n) is 2.31. The molecule has 4 heteroatoms. The quantitative estimate of drug-likeness (QED) is 0.807. The number of para-hydroxylation sites is 1. The number of hydrogen-bond donors (Lipinski definition) is 0. The van der Waals surface area contributed by atoms with Gasteiger partial charge in [0.05, 0.1) is 13.2 Å². The predicted molar refractivity (Wildman–Crippen MR) is 83.4 cm³/mol. The molecule has 0 aliphatic carbocycles. The highest BCUT2D eigenvalue weighted by molar-refractivity contribution is 5.35. The van der Waals surface area contributed by atoms with Gasteiger partial charge in [0.15, 0.2) is 0 Å². The van der Waals surface area contributed by atoms with Crippen LogP contribution in [-0.2, 0) is 9.47 Å². The largest absolute Gasteiger partial charge is 0.488 e. The number of rotatable bonds is 6. The minimum atomic E-state index is -0.598. The maximum atomic E-state index is 5.78. The molecule has 0 N–H and O–H groups in total. The summed E-state index contributed by atoms with van der Waals surface area (Å²) in [5.74, 6) is 1.76. The van der Waals surface area contributed by atoms with E-state index in [2.05, 4.69) is 0 Å². The molecule has 0 saturated carbocycles. The number of benzene rings is 2. The molecule has 0 unspecified atom stereocenters. The molecule has 3 rings (SSSR count). The Morgan fingerprint density at radius 2 is 1.45 bits per heavy atom. The van der Waals surface area contributed by atoms with Crippen LogP contribution in [0.3, 0.4) is 0 Å². The Kier molecular flexibility index (Phi) is 4.61. The van der Waals surface area contributed by atoms with Crippen LogP contribution in [0, 0.1) is 0 Å². The summed E-state index contributed by atoms with van der Waals surface area (Å²) in [7, 11) is 0. The van der Waals surface area contributed by atoms with Crippen LogP contribution in [0.2, 0.25) is 0 Å². The van der Waals surface area contributed by atoms with E-state index in [0.29, 0.717) is 19.8 Å². The van der Waals surface area contributed by atoms with E-state index in [9.17, 15) is 0 Å². The summed E-state index contributed by atoms with van der Waals surface area (Å²) >= 11 is 0. The lowest BCUT2D eigenvalue weighted by Crippen LogP contribution is -2.36. The second-order valence-corrected chi connectivity index (χ2v) is 5.14. The van der Waals surface area contributed by atoms with Gasteiger partial charge in [0.25, 0.3) is 0 Å². The average molecular weight is 300 g/mol. The minimum Gasteiger partial charge on any atom is -0.488 e. The zero-order chi connectivity index (χ0) is 15.3. The lowest BCUT2D eigenvalue weighted by molar-refractivity contribution is -0.178. The normalized spacial score (nSPS) is 16.4. The lowest BCUT2D eigenvalue weighted by atomic mass is 10.2. The molecule has 0 atom stereocenters. The van der Waals surface area contributed by atoms with Gasteiger partial charge in [-0.3, -0.25) is 0 Å². The fourth-order valence-corrected chi connectivity index (χ4v) is 2.31. The van der Waals surface area contributed by atoms with Crippen molar-refractivity contribution in [3.05, 3.63) is 54.6 Å². The highest BCUT2D eigenvalue weighted by Crippen LogP contribution is 2.27. The molecule has 1 aliphatic rings. The molecule has 1 fully saturated rings. The standard InChI is InChI=1S/C18H20O4/c1-2-18(20-12-13-21-18)14-19-15-8-10-17(11-9-15)22-16-6-4-3-5-7-16/h3-11H,2,12-14H2,1H3. The van der Waals surface area contributed by atoms with Crippen molar-refractivity contribution in [2.45, 2.75) is 19.1 Å². The van der Waals surface area contributed by atoms with Crippen molar-refractivity contribution in [1.82, 2.24) is 0 Å². The highest BCUT2D eigenvalue weighted by atomic mass is 16.8. The zero-order valence-electron chi connectivity index (χ0n) is 12.7. The van der Waals surface area contributed by atoms with Crippen LogP contribution >= 0.6 is 0 Å². The van der Waals surface area contributed by atoms with E-state index in [4.69, 9.17) is 18.9 Å². The van der Waals surface area contributed by atoms with E-state index < -0.39 is 5.79 Å². The predicted octanol–water partition coefficient (Wildman–Crippen LogP) is 4.01. The van der Waals surface area contributed by atoms with Crippen LogP contribution in [-0.4, -0.2) is 25.6 Å². The third-order valence-electron chi connectivity index (χ3n) is 3.61. The molecule has 4 nitrogen and oxygen atoms in total. The van der Waals surface area contributed by atoms with Crippen molar-refractivity contribution in [2.75, 3.05) is 19.8 Å². The Balaban J connectivity index is 1.57. The minimum absolute atomic E-state index is 0.391. The summed E-state index contributed by atoms with van der Waals surface area (Å²) in [6.45, 7) is 3.68. The van der Waals surface area contributed by atoms with Crippen molar-refractivity contribution in [1.29, 1.82) is 0 Å². The van der Waals surface area contributed by atoms with E-state index >= 15 is 0 Å². The molecule has 116 valence electrons. The van der Waals surface area contributed by atoms with Crippen LogP contribution in [0.1, 0.15) is 13.3 Å². The first-order valence-electron chi connectivity index (χ1n) is 7.53. The Bertz CT molecular complexity index is 574. The molecule has 22 heavy (non-hydrogen) atoms. The molecule has 1 saturated heterocycles. The molecule has 0 amide bonds. The number of hydrogen-bond acceptors (Lipinski definition) is 4. The number of ether oxygens (including phenoxy) is 4. The van der Waals surface area contributed by atoms with Crippen molar-refractivity contribution < 1.29 is 18.9 Å². The summed E-state index contributed by atoms with van der Waals surface area (Å²) in [5.41, 5.74) is 0. The third kappa shape index (κ3) is 3.59. The molecule has 0 radical (unpaired) electrons. The van der Waals surface area contributed by atoms with Crippen molar-refractivity contribution in [2.24, 2.45) is 0 Å². The summed E-state index contributed by atoms with van der Waals surface area (Å²) in [4.78, 5) is 0.